The number of ether oxygens (including phenoxy) is 2. The number of rotatable bonds is 4. The van der Waals surface area contributed by atoms with E-state index in [0.29, 0.717) is 28.6 Å². The Morgan fingerprint density at radius 1 is 0.654 bits per heavy atom. The van der Waals surface area contributed by atoms with E-state index in [2.05, 4.69) is 0 Å². The Balaban J connectivity index is 2.05. The van der Waals surface area contributed by atoms with Gasteiger partial charge in [0.2, 0.25) is 0 Å². The summed E-state index contributed by atoms with van der Waals surface area (Å²) in [4.78, 5) is 0. The van der Waals surface area contributed by atoms with Gasteiger partial charge in [0.25, 0.3) is 0 Å². The van der Waals surface area contributed by atoms with Crippen LogP contribution in [0.2, 0.25) is 0 Å². The standard InChI is InChI=1S/C20H14N4O2/c21-11-13-1-10-19(25-16-6-2-14(23)3-7-16)20(18(13)12-22)26-17-8-4-15(24)5-9-17/h1-10H,23-24H2. The second-order valence-corrected chi connectivity index (χ2v) is 5.38. The van der Waals surface area contributed by atoms with Gasteiger partial charge in [-0.25, -0.2) is 0 Å². The Hall–Kier alpha value is -4.16. The lowest BCUT2D eigenvalue weighted by Gasteiger charge is -2.14. The van der Waals surface area contributed by atoms with Crippen molar-refractivity contribution >= 4 is 11.4 Å². The van der Waals surface area contributed by atoms with E-state index in [1.54, 1.807) is 54.6 Å². The third kappa shape index (κ3) is 3.50. The van der Waals surface area contributed by atoms with Gasteiger partial charge in [-0.1, -0.05) is 0 Å². The number of hydrogen-bond acceptors (Lipinski definition) is 6. The fourth-order valence-electron chi connectivity index (χ4n) is 2.27. The van der Waals surface area contributed by atoms with Gasteiger partial charge in [-0.05, 0) is 60.7 Å². The van der Waals surface area contributed by atoms with Crippen molar-refractivity contribution in [2.45, 2.75) is 0 Å². The van der Waals surface area contributed by atoms with Crippen molar-refractivity contribution in [1.82, 2.24) is 0 Å². The van der Waals surface area contributed by atoms with Gasteiger partial charge in [0.15, 0.2) is 11.5 Å². The van der Waals surface area contributed by atoms with Crippen LogP contribution in [0.25, 0.3) is 0 Å². The van der Waals surface area contributed by atoms with Crippen molar-refractivity contribution in [3.8, 4) is 35.1 Å². The number of hydrogen-bond donors (Lipinski definition) is 2. The van der Waals surface area contributed by atoms with Crippen LogP contribution in [0.1, 0.15) is 11.1 Å². The molecule has 4 N–H and O–H groups in total. The zero-order valence-corrected chi connectivity index (χ0v) is 13.6. The molecule has 6 heteroatoms. The average molecular weight is 342 g/mol. The summed E-state index contributed by atoms with van der Waals surface area (Å²) in [6.07, 6.45) is 0. The van der Waals surface area contributed by atoms with E-state index < -0.39 is 0 Å². The molecule has 0 aliphatic heterocycles. The van der Waals surface area contributed by atoms with Gasteiger partial charge >= 0.3 is 0 Å². The number of anilines is 2. The smallest absolute Gasteiger partial charge is 0.189 e. The number of nitrogens with zero attached hydrogens (tertiary/aromatic N) is 2. The summed E-state index contributed by atoms with van der Waals surface area (Å²) in [5.41, 5.74) is 12.8. The first-order valence-corrected chi connectivity index (χ1v) is 7.64. The zero-order chi connectivity index (χ0) is 18.5. The van der Waals surface area contributed by atoms with Crippen molar-refractivity contribution < 1.29 is 9.47 Å². The zero-order valence-electron chi connectivity index (χ0n) is 13.6. The third-order valence-corrected chi connectivity index (χ3v) is 3.56. The van der Waals surface area contributed by atoms with Gasteiger partial charge < -0.3 is 20.9 Å². The van der Waals surface area contributed by atoms with Crippen LogP contribution in [0, 0.1) is 22.7 Å². The summed E-state index contributed by atoms with van der Waals surface area (Å²) >= 11 is 0. The summed E-state index contributed by atoms with van der Waals surface area (Å²) in [6, 6.07) is 20.6. The maximum atomic E-state index is 9.51. The van der Waals surface area contributed by atoms with Crippen LogP contribution in [-0.2, 0) is 0 Å². The second kappa shape index (κ2) is 7.16. The summed E-state index contributed by atoms with van der Waals surface area (Å²) in [5.74, 6) is 1.46. The molecule has 0 atom stereocenters. The highest BCUT2D eigenvalue weighted by atomic mass is 16.5. The first-order valence-electron chi connectivity index (χ1n) is 7.64. The Kier molecular flexibility index (Phi) is 4.60. The van der Waals surface area contributed by atoms with Crippen LogP contribution < -0.4 is 20.9 Å². The molecule has 0 heterocycles. The molecule has 0 saturated carbocycles. The fourth-order valence-corrected chi connectivity index (χ4v) is 2.27. The molecule has 0 spiro atoms. The summed E-state index contributed by atoms with van der Waals surface area (Å²) in [5, 5.41) is 18.8. The Labute approximate surface area is 150 Å². The minimum atomic E-state index is 0.0947. The van der Waals surface area contributed by atoms with E-state index in [9.17, 15) is 10.5 Å². The van der Waals surface area contributed by atoms with Gasteiger partial charge in [0.05, 0.1) is 5.56 Å². The second-order valence-electron chi connectivity index (χ2n) is 5.38. The van der Waals surface area contributed by atoms with E-state index >= 15 is 0 Å². The molecule has 0 fully saturated rings. The van der Waals surface area contributed by atoms with Crippen LogP contribution in [0.15, 0.2) is 60.7 Å². The van der Waals surface area contributed by atoms with E-state index in [-0.39, 0.29) is 16.9 Å². The third-order valence-electron chi connectivity index (χ3n) is 3.56. The van der Waals surface area contributed by atoms with Crippen LogP contribution in [0.4, 0.5) is 11.4 Å². The van der Waals surface area contributed by atoms with Gasteiger partial charge in [-0.2, -0.15) is 10.5 Å². The van der Waals surface area contributed by atoms with Crippen molar-refractivity contribution in [2.24, 2.45) is 0 Å². The minimum Gasteiger partial charge on any atom is -0.453 e. The lowest BCUT2D eigenvalue weighted by atomic mass is 10.1. The lowest BCUT2D eigenvalue weighted by Crippen LogP contribution is -1.97. The molecule has 0 saturated heterocycles. The highest BCUT2D eigenvalue weighted by molar-refractivity contribution is 5.62. The Morgan fingerprint density at radius 3 is 1.69 bits per heavy atom. The molecule has 0 aromatic heterocycles. The van der Waals surface area contributed by atoms with Gasteiger partial charge in [-0.3, -0.25) is 0 Å². The summed E-state index contributed by atoms with van der Waals surface area (Å²) in [7, 11) is 0. The topological polar surface area (TPSA) is 118 Å². The average Bonchev–Trinajstić information content (AvgIpc) is 2.66. The predicted octanol–water partition coefficient (Wildman–Crippen LogP) is 4.18. The first-order chi connectivity index (χ1) is 12.6. The number of nitriles is 2. The molecular weight excluding hydrogens is 328 g/mol. The van der Waals surface area contributed by atoms with Crippen molar-refractivity contribution in [3.63, 3.8) is 0 Å². The molecule has 0 aliphatic carbocycles. The van der Waals surface area contributed by atoms with Crippen molar-refractivity contribution in [2.75, 3.05) is 11.5 Å². The molecule has 0 unspecified atom stereocenters. The summed E-state index contributed by atoms with van der Waals surface area (Å²) < 4.78 is 11.7. The molecule has 0 aliphatic rings. The molecule has 6 nitrogen and oxygen atoms in total. The minimum absolute atomic E-state index is 0.0947. The quantitative estimate of drug-likeness (QED) is 0.687. The highest BCUT2D eigenvalue weighted by Crippen LogP contribution is 2.39. The van der Waals surface area contributed by atoms with Gasteiger partial charge in [0, 0.05) is 11.4 Å². The van der Waals surface area contributed by atoms with Crippen LogP contribution >= 0.6 is 0 Å². The van der Waals surface area contributed by atoms with E-state index in [1.165, 1.54) is 6.07 Å². The van der Waals surface area contributed by atoms with Crippen LogP contribution in [0.5, 0.6) is 23.0 Å². The molecular formula is C20H14N4O2. The molecule has 3 aromatic carbocycles. The molecule has 26 heavy (non-hydrogen) atoms. The highest BCUT2D eigenvalue weighted by Gasteiger charge is 2.18. The Morgan fingerprint density at radius 2 is 1.19 bits per heavy atom. The van der Waals surface area contributed by atoms with Gasteiger partial charge in [-0.15, -0.1) is 0 Å². The van der Waals surface area contributed by atoms with E-state index in [4.69, 9.17) is 20.9 Å². The maximum Gasteiger partial charge on any atom is 0.189 e. The van der Waals surface area contributed by atoms with Crippen LogP contribution in [-0.4, -0.2) is 0 Å². The largest absolute Gasteiger partial charge is 0.453 e. The normalized spacial score (nSPS) is 9.77. The van der Waals surface area contributed by atoms with E-state index in [0.717, 1.165) is 0 Å². The molecule has 0 radical (unpaired) electrons. The summed E-state index contributed by atoms with van der Waals surface area (Å²) in [6.45, 7) is 0. The number of nitrogens with two attached hydrogens (primary N) is 2. The van der Waals surface area contributed by atoms with Crippen molar-refractivity contribution in [1.29, 1.82) is 10.5 Å². The number of nitrogen functional groups attached to an aromatic ring is 2. The molecule has 3 rings (SSSR count). The van der Waals surface area contributed by atoms with Gasteiger partial charge in [0.1, 0.15) is 29.2 Å². The predicted molar refractivity (Wildman–Crippen MR) is 97.7 cm³/mol. The monoisotopic (exact) mass is 342 g/mol. The van der Waals surface area contributed by atoms with Crippen molar-refractivity contribution in [3.05, 3.63) is 71.8 Å². The lowest BCUT2D eigenvalue weighted by molar-refractivity contribution is 0.417. The molecule has 3 aromatic rings. The fraction of sp³-hybridized carbons (Fsp3) is 0. The Bertz CT molecular complexity index is 1010. The number of benzene rings is 3. The van der Waals surface area contributed by atoms with Crippen LogP contribution in [0.3, 0.4) is 0 Å². The maximum absolute atomic E-state index is 9.51. The molecule has 126 valence electrons. The van der Waals surface area contributed by atoms with E-state index in [1.807, 2.05) is 12.1 Å². The molecule has 0 amide bonds. The SMILES string of the molecule is N#Cc1ccc(Oc2ccc(N)cc2)c(Oc2ccc(N)cc2)c1C#N. The first kappa shape index (κ1) is 16.7. The molecule has 0 bridgehead atoms.